The minimum atomic E-state index is 0.511. The highest BCUT2D eigenvalue weighted by atomic mass is 16.5. The summed E-state index contributed by atoms with van der Waals surface area (Å²) < 4.78 is 9.37. The largest absolute Gasteiger partial charge is 0.383 e. The zero-order valence-corrected chi connectivity index (χ0v) is 8.03. The predicted molar refractivity (Wildman–Crippen MR) is 46.9 cm³/mol. The number of hydrogen-bond acceptors (Lipinski definition) is 1. The van der Waals surface area contributed by atoms with Crippen LogP contribution in [-0.2, 0) is 11.3 Å². The summed E-state index contributed by atoms with van der Waals surface area (Å²) in [6.07, 6.45) is 4.15. The van der Waals surface area contributed by atoms with Crippen molar-refractivity contribution in [2.45, 2.75) is 26.4 Å². The summed E-state index contributed by atoms with van der Waals surface area (Å²) in [5, 5.41) is 0. The van der Waals surface area contributed by atoms with Crippen molar-refractivity contribution >= 4 is 0 Å². The van der Waals surface area contributed by atoms with Crippen LogP contribution in [0.1, 0.15) is 19.9 Å². The molecule has 1 heterocycles. The van der Waals surface area contributed by atoms with Crippen LogP contribution in [0.15, 0.2) is 18.5 Å². The Morgan fingerprint density at radius 2 is 2.25 bits per heavy atom. The van der Waals surface area contributed by atoms with E-state index < -0.39 is 0 Å². The number of rotatable bonds is 4. The standard InChI is InChI=1S/C9H17N2O/c1-9(2)11-6-4-5-10(11)7-8-12-3/h4-6,9H,7-8H2,1-3H3/q+1. The fraction of sp³-hybridized carbons (Fsp3) is 0.667. The Balaban J connectivity index is 2.64. The molecule has 1 aromatic heterocycles. The minimum absolute atomic E-state index is 0.511. The van der Waals surface area contributed by atoms with Crippen molar-refractivity contribution in [2.24, 2.45) is 0 Å². The Morgan fingerprint density at radius 1 is 1.50 bits per heavy atom. The number of methoxy groups -OCH3 is 1. The second kappa shape index (κ2) is 4.26. The molecule has 0 bridgehead atoms. The van der Waals surface area contributed by atoms with Gasteiger partial charge in [-0.3, -0.25) is 0 Å². The second-order valence-electron chi connectivity index (χ2n) is 3.12. The molecule has 12 heavy (non-hydrogen) atoms. The quantitative estimate of drug-likeness (QED) is 0.615. The monoisotopic (exact) mass is 169 g/mol. The lowest BCUT2D eigenvalue weighted by Gasteiger charge is -2.04. The summed E-state index contributed by atoms with van der Waals surface area (Å²) in [6, 6.07) is 2.56. The highest BCUT2D eigenvalue weighted by Crippen LogP contribution is 1.92. The smallest absolute Gasteiger partial charge is 0.195 e. The Labute approximate surface area is 73.6 Å². The van der Waals surface area contributed by atoms with Crippen molar-refractivity contribution in [3.8, 4) is 0 Å². The highest BCUT2D eigenvalue weighted by Gasteiger charge is 2.10. The van der Waals surface area contributed by atoms with Gasteiger partial charge in [0.15, 0.2) is 12.2 Å². The van der Waals surface area contributed by atoms with Crippen LogP contribution in [0.25, 0.3) is 0 Å². The Morgan fingerprint density at radius 3 is 2.83 bits per heavy atom. The van der Waals surface area contributed by atoms with E-state index in [1.165, 1.54) is 0 Å². The molecule has 0 spiro atoms. The third-order valence-electron chi connectivity index (χ3n) is 1.85. The number of ether oxygens (including phenoxy) is 1. The molecule has 0 aliphatic carbocycles. The normalized spacial score (nSPS) is 11.0. The summed E-state index contributed by atoms with van der Waals surface area (Å²) in [5.41, 5.74) is 0. The van der Waals surface area contributed by atoms with Crippen LogP contribution >= 0.6 is 0 Å². The molecule has 0 unspecified atom stereocenters. The average Bonchev–Trinajstić information content (AvgIpc) is 2.48. The molecule has 0 saturated heterocycles. The van der Waals surface area contributed by atoms with Crippen molar-refractivity contribution in [2.75, 3.05) is 13.7 Å². The van der Waals surface area contributed by atoms with Gasteiger partial charge in [-0.05, 0) is 13.8 Å². The lowest BCUT2D eigenvalue weighted by Crippen LogP contribution is -2.44. The predicted octanol–water partition coefficient (Wildman–Crippen LogP) is 1.00. The van der Waals surface area contributed by atoms with Gasteiger partial charge in [0, 0.05) is 13.2 Å². The molecule has 0 radical (unpaired) electrons. The molecule has 0 amide bonds. The fourth-order valence-electron chi connectivity index (χ4n) is 1.23. The molecular formula is C9H17N2O+. The first kappa shape index (κ1) is 9.26. The first-order chi connectivity index (χ1) is 5.75. The van der Waals surface area contributed by atoms with Crippen molar-refractivity contribution in [3.05, 3.63) is 18.5 Å². The Hall–Kier alpha value is -0.830. The van der Waals surface area contributed by atoms with Crippen molar-refractivity contribution in [3.63, 3.8) is 0 Å². The lowest BCUT2D eigenvalue weighted by atomic mass is 10.4. The van der Waals surface area contributed by atoms with Gasteiger partial charge in [0.2, 0.25) is 0 Å². The van der Waals surface area contributed by atoms with E-state index in [2.05, 4.69) is 41.7 Å². The van der Waals surface area contributed by atoms with E-state index in [9.17, 15) is 0 Å². The van der Waals surface area contributed by atoms with Crippen molar-refractivity contribution < 1.29 is 9.42 Å². The topological polar surface area (TPSA) is 18.0 Å². The van der Waals surface area contributed by atoms with E-state index in [1.807, 2.05) is 0 Å². The summed E-state index contributed by atoms with van der Waals surface area (Å²) >= 11 is 0. The maximum atomic E-state index is 5.02. The molecular weight excluding hydrogens is 152 g/mol. The third kappa shape index (κ3) is 2.08. The van der Waals surface area contributed by atoms with Gasteiger partial charge in [0.05, 0.1) is 12.8 Å². The maximum Gasteiger partial charge on any atom is 0.195 e. The van der Waals surface area contributed by atoms with Crippen LogP contribution in [-0.4, -0.2) is 18.4 Å². The molecule has 0 aliphatic heterocycles. The van der Waals surface area contributed by atoms with Gasteiger partial charge in [0.25, 0.3) is 0 Å². The number of hydrogen-bond donors (Lipinski definition) is 0. The number of aromatic nitrogens is 2. The van der Waals surface area contributed by atoms with E-state index in [0.717, 1.165) is 13.2 Å². The molecule has 0 atom stereocenters. The van der Waals surface area contributed by atoms with Crippen LogP contribution < -0.4 is 4.68 Å². The Bertz CT molecular complexity index is 230. The van der Waals surface area contributed by atoms with Crippen LogP contribution in [0.2, 0.25) is 0 Å². The van der Waals surface area contributed by atoms with Gasteiger partial charge in [-0.25, -0.2) is 0 Å². The van der Waals surface area contributed by atoms with Crippen LogP contribution in [0, 0.1) is 0 Å². The first-order valence-corrected chi connectivity index (χ1v) is 4.31. The molecule has 0 aliphatic rings. The van der Waals surface area contributed by atoms with Gasteiger partial charge >= 0.3 is 0 Å². The van der Waals surface area contributed by atoms with Gasteiger partial charge in [0.1, 0.15) is 6.54 Å². The second-order valence-corrected chi connectivity index (χ2v) is 3.12. The van der Waals surface area contributed by atoms with E-state index >= 15 is 0 Å². The van der Waals surface area contributed by atoms with Crippen LogP contribution in [0.3, 0.4) is 0 Å². The maximum absolute atomic E-state index is 5.02. The summed E-state index contributed by atoms with van der Waals surface area (Å²) in [5.74, 6) is 0. The molecule has 1 rings (SSSR count). The number of nitrogens with zero attached hydrogens (tertiary/aromatic N) is 2. The fourth-order valence-corrected chi connectivity index (χ4v) is 1.23. The Kier molecular flexibility index (Phi) is 3.29. The van der Waals surface area contributed by atoms with Gasteiger partial charge in [-0.15, -0.1) is 4.68 Å². The lowest BCUT2D eigenvalue weighted by molar-refractivity contribution is -0.792. The van der Waals surface area contributed by atoms with Gasteiger partial charge in [-0.2, -0.15) is 4.68 Å². The average molecular weight is 169 g/mol. The van der Waals surface area contributed by atoms with Crippen LogP contribution in [0.5, 0.6) is 0 Å². The summed E-state index contributed by atoms with van der Waals surface area (Å²) in [7, 11) is 1.73. The van der Waals surface area contributed by atoms with E-state index in [1.54, 1.807) is 7.11 Å². The third-order valence-corrected chi connectivity index (χ3v) is 1.85. The minimum Gasteiger partial charge on any atom is -0.383 e. The SMILES string of the molecule is COCCn1ccc[n+]1C(C)C. The van der Waals surface area contributed by atoms with Crippen molar-refractivity contribution in [1.29, 1.82) is 0 Å². The highest BCUT2D eigenvalue weighted by molar-refractivity contribution is 4.71. The summed E-state index contributed by atoms with van der Waals surface area (Å²) in [6.45, 7) is 6.02. The molecule has 1 aromatic rings. The molecule has 0 fully saturated rings. The molecule has 0 saturated carbocycles. The van der Waals surface area contributed by atoms with Gasteiger partial charge < -0.3 is 4.74 Å². The van der Waals surface area contributed by atoms with E-state index in [0.29, 0.717) is 6.04 Å². The molecule has 0 N–H and O–H groups in total. The zero-order chi connectivity index (χ0) is 8.97. The first-order valence-electron chi connectivity index (χ1n) is 4.31. The summed E-state index contributed by atoms with van der Waals surface area (Å²) in [4.78, 5) is 0. The zero-order valence-electron chi connectivity index (χ0n) is 8.03. The molecule has 3 nitrogen and oxygen atoms in total. The van der Waals surface area contributed by atoms with Gasteiger partial charge in [-0.1, -0.05) is 0 Å². The van der Waals surface area contributed by atoms with E-state index in [4.69, 9.17) is 4.74 Å². The molecule has 68 valence electrons. The molecule has 0 aromatic carbocycles. The van der Waals surface area contributed by atoms with E-state index in [-0.39, 0.29) is 0 Å². The molecule has 3 heteroatoms. The van der Waals surface area contributed by atoms with Crippen LogP contribution in [0.4, 0.5) is 0 Å². The van der Waals surface area contributed by atoms with Crippen molar-refractivity contribution in [1.82, 2.24) is 4.68 Å².